The first-order valence-electron chi connectivity index (χ1n) is 6.85. The molecule has 3 rings (SSSR count). The average molecular weight is 360 g/mol. The first kappa shape index (κ1) is 14.7. The van der Waals surface area contributed by atoms with Gasteiger partial charge < -0.3 is 14.8 Å². The monoisotopic (exact) mass is 359 g/mol. The van der Waals surface area contributed by atoms with Crippen LogP contribution in [0.2, 0.25) is 0 Å². The number of anilines is 1. The molecule has 0 saturated carbocycles. The molecule has 0 saturated heterocycles. The third-order valence-corrected chi connectivity index (χ3v) is 3.82. The number of hydrogen-bond donors (Lipinski definition) is 1. The van der Waals surface area contributed by atoms with E-state index in [0.29, 0.717) is 19.0 Å². The Balaban J connectivity index is 1.68. The van der Waals surface area contributed by atoms with Crippen molar-refractivity contribution in [3.63, 3.8) is 0 Å². The third kappa shape index (κ3) is 3.49. The smallest absolute Gasteiger partial charge is 0.248 e. The standard InChI is InChI=1S/C17H14BrNO3/c18-13-3-1-2-4-14(13)19-17(20)8-6-12-5-7-15-16(11-12)22-10-9-21-15/h1-8,11H,9-10H2,(H,19,20)/b8-6+. The van der Waals surface area contributed by atoms with Gasteiger partial charge >= 0.3 is 0 Å². The molecule has 1 heterocycles. The zero-order valence-corrected chi connectivity index (χ0v) is 13.3. The number of fused-ring (bicyclic) bond motifs is 1. The zero-order valence-electron chi connectivity index (χ0n) is 11.7. The van der Waals surface area contributed by atoms with E-state index in [1.165, 1.54) is 6.08 Å². The van der Waals surface area contributed by atoms with Crippen molar-refractivity contribution in [1.82, 2.24) is 0 Å². The average Bonchev–Trinajstić information content (AvgIpc) is 2.55. The molecule has 0 spiro atoms. The van der Waals surface area contributed by atoms with Crippen LogP contribution in [0.1, 0.15) is 5.56 Å². The summed E-state index contributed by atoms with van der Waals surface area (Å²) in [6.07, 6.45) is 3.23. The van der Waals surface area contributed by atoms with Crippen molar-refractivity contribution < 1.29 is 14.3 Å². The van der Waals surface area contributed by atoms with Crippen molar-refractivity contribution in [2.24, 2.45) is 0 Å². The molecular formula is C17H14BrNO3. The molecule has 2 aromatic carbocycles. The molecular weight excluding hydrogens is 346 g/mol. The first-order valence-corrected chi connectivity index (χ1v) is 7.65. The van der Waals surface area contributed by atoms with E-state index in [9.17, 15) is 4.79 Å². The molecule has 0 aromatic heterocycles. The van der Waals surface area contributed by atoms with Gasteiger partial charge in [-0.3, -0.25) is 4.79 Å². The van der Waals surface area contributed by atoms with E-state index in [4.69, 9.17) is 9.47 Å². The van der Waals surface area contributed by atoms with Crippen molar-refractivity contribution >= 4 is 33.6 Å². The highest BCUT2D eigenvalue weighted by atomic mass is 79.9. The quantitative estimate of drug-likeness (QED) is 0.846. The van der Waals surface area contributed by atoms with Crippen molar-refractivity contribution in [1.29, 1.82) is 0 Å². The van der Waals surface area contributed by atoms with Crippen LogP contribution in [0.25, 0.3) is 6.08 Å². The third-order valence-electron chi connectivity index (χ3n) is 3.13. The van der Waals surface area contributed by atoms with Gasteiger partial charge in [-0.05, 0) is 51.8 Å². The summed E-state index contributed by atoms with van der Waals surface area (Å²) in [5, 5.41) is 2.81. The molecule has 1 aliphatic heterocycles. The van der Waals surface area contributed by atoms with Crippen LogP contribution < -0.4 is 14.8 Å². The molecule has 1 aliphatic rings. The van der Waals surface area contributed by atoms with Crippen LogP contribution in [-0.2, 0) is 4.79 Å². The van der Waals surface area contributed by atoms with E-state index in [0.717, 1.165) is 21.5 Å². The minimum absolute atomic E-state index is 0.193. The molecule has 0 radical (unpaired) electrons. The van der Waals surface area contributed by atoms with Gasteiger partial charge in [0.1, 0.15) is 13.2 Å². The molecule has 0 aliphatic carbocycles. The van der Waals surface area contributed by atoms with Crippen LogP contribution in [-0.4, -0.2) is 19.1 Å². The van der Waals surface area contributed by atoms with Crippen LogP contribution >= 0.6 is 15.9 Å². The van der Waals surface area contributed by atoms with E-state index in [2.05, 4.69) is 21.2 Å². The van der Waals surface area contributed by atoms with E-state index in [-0.39, 0.29) is 5.91 Å². The lowest BCUT2D eigenvalue weighted by molar-refractivity contribution is -0.111. The fourth-order valence-electron chi connectivity index (χ4n) is 2.07. The first-order chi connectivity index (χ1) is 10.7. The second-order valence-corrected chi connectivity index (χ2v) is 5.56. The van der Waals surface area contributed by atoms with Gasteiger partial charge in [0.05, 0.1) is 5.69 Å². The lowest BCUT2D eigenvalue weighted by Crippen LogP contribution is -2.15. The maximum atomic E-state index is 12.0. The van der Waals surface area contributed by atoms with E-state index < -0.39 is 0 Å². The summed E-state index contributed by atoms with van der Waals surface area (Å²) in [5.41, 5.74) is 1.62. The summed E-state index contributed by atoms with van der Waals surface area (Å²) in [6, 6.07) is 13.1. The van der Waals surface area contributed by atoms with Crippen molar-refractivity contribution in [2.75, 3.05) is 18.5 Å². The van der Waals surface area contributed by atoms with Gasteiger partial charge in [0.15, 0.2) is 11.5 Å². The predicted molar refractivity (Wildman–Crippen MR) is 89.2 cm³/mol. The largest absolute Gasteiger partial charge is 0.486 e. The lowest BCUT2D eigenvalue weighted by Gasteiger charge is -2.18. The maximum Gasteiger partial charge on any atom is 0.248 e. The number of benzene rings is 2. The van der Waals surface area contributed by atoms with Crippen LogP contribution in [0, 0.1) is 0 Å². The van der Waals surface area contributed by atoms with Gasteiger partial charge in [0.25, 0.3) is 0 Å². The number of carbonyl (C=O) groups excluding carboxylic acids is 1. The van der Waals surface area contributed by atoms with Gasteiger partial charge in [-0.2, -0.15) is 0 Å². The highest BCUT2D eigenvalue weighted by Gasteiger charge is 2.10. The highest BCUT2D eigenvalue weighted by Crippen LogP contribution is 2.31. The molecule has 112 valence electrons. The molecule has 1 amide bonds. The van der Waals surface area contributed by atoms with Crippen LogP contribution in [0.5, 0.6) is 11.5 Å². The zero-order chi connectivity index (χ0) is 15.4. The molecule has 5 heteroatoms. The Bertz CT molecular complexity index is 728. The Morgan fingerprint density at radius 1 is 1.09 bits per heavy atom. The van der Waals surface area contributed by atoms with Crippen molar-refractivity contribution in [2.45, 2.75) is 0 Å². The van der Waals surface area contributed by atoms with Gasteiger partial charge in [-0.25, -0.2) is 0 Å². The lowest BCUT2D eigenvalue weighted by atomic mass is 10.2. The molecule has 0 bridgehead atoms. The number of para-hydroxylation sites is 1. The Hall–Kier alpha value is -2.27. The molecule has 22 heavy (non-hydrogen) atoms. The summed E-state index contributed by atoms with van der Waals surface area (Å²) in [6.45, 7) is 1.11. The second kappa shape index (κ2) is 6.66. The fraction of sp³-hybridized carbons (Fsp3) is 0.118. The van der Waals surface area contributed by atoms with Gasteiger partial charge in [-0.1, -0.05) is 18.2 Å². The normalized spacial score (nSPS) is 13.1. The Morgan fingerprint density at radius 3 is 2.68 bits per heavy atom. The summed E-state index contributed by atoms with van der Waals surface area (Å²) < 4.78 is 11.8. The number of amides is 1. The molecule has 4 nitrogen and oxygen atoms in total. The summed E-state index contributed by atoms with van der Waals surface area (Å²) in [7, 11) is 0. The summed E-state index contributed by atoms with van der Waals surface area (Å²) in [5.74, 6) is 1.25. The number of halogens is 1. The number of ether oxygens (including phenoxy) is 2. The van der Waals surface area contributed by atoms with Gasteiger partial charge in [0, 0.05) is 10.5 Å². The molecule has 0 fully saturated rings. The topological polar surface area (TPSA) is 47.6 Å². The number of rotatable bonds is 3. The molecule has 0 unspecified atom stereocenters. The molecule has 2 aromatic rings. The minimum Gasteiger partial charge on any atom is -0.486 e. The van der Waals surface area contributed by atoms with Gasteiger partial charge in [0.2, 0.25) is 5.91 Å². The minimum atomic E-state index is -0.193. The fourth-order valence-corrected chi connectivity index (χ4v) is 2.46. The maximum absolute atomic E-state index is 12.0. The highest BCUT2D eigenvalue weighted by molar-refractivity contribution is 9.10. The Kier molecular flexibility index (Phi) is 4.44. The van der Waals surface area contributed by atoms with Crippen LogP contribution in [0.15, 0.2) is 53.0 Å². The second-order valence-electron chi connectivity index (χ2n) is 4.71. The molecule has 1 N–H and O–H groups in total. The van der Waals surface area contributed by atoms with E-state index in [1.807, 2.05) is 42.5 Å². The summed E-state index contributed by atoms with van der Waals surface area (Å²) in [4.78, 5) is 12.0. The predicted octanol–water partition coefficient (Wildman–Crippen LogP) is 3.87. The van der Waals surface area contributed by atoms with E-state index in [1.54, 1.807) is 6.08 Å². The van der Waals surface area contributed by atoms with Gasteiger partial charge in [-0.15, -0.1) is 0 Å². The van der Waals surface area contributed by atoms with Crippen molar-refractivity contribution in [3.05, 3.63) is 58.6 Å². The number of nitrogens with one attached hydrogen (secondary N) is 1. The van der Waals surface area contributed by atoms with E-state index >= 15 is 0 Å². The SMILES string of the molecule is O=C(/C=C/c1ccc2c(c1)OCCO2)Nc1ccccc1Br. The van der Waals surface area contributed by atoms with Crippen molar-refractivity contribution in [3.8, 4) is 11.5 Å². The summed E-state index contributed by atoms with van der Waals surface area (Å²) >= 11 is 3.39. The number of hydrogen-bond acceptors (Lipinski definition) is 3. The van der Waals surface area contributed by atoms with Crippen LogP contribution in [0.4, 0.5) is 5.69 Å². The Labute approximate surface area is 136 Å². The number of carbonyl (C=O) groups is 1. The van der Waals surface area contributed by atoms with Crippen LogP contribution in [0.3, 0.4) is 0 Å². The molecule has 0 atom stereocenters. The Morgan fingerprint density at radius 2 is 1.86 bits per heavy atom.